The largest absolute Gasteiger partial charge is 0.457 e. The highest BCUT2D eigenvalue weighted by atomic mass is 79.9. The van der Waals surface area contributed by atoms with Crippen LogP contribution < -0.4 is 0 Å². The van der Waals surface area contributed by atoms with E-state index in [1.54, 1.807) is 24.3 Å². The van der Waals surface area contributed by atoms with E-state index in [0.29, 0.717) is 5.56 Å². The molecule has 108 valence electrons. The Bertz CT molecular complexity index is 688. The maximum Gasteiger partial charge on any atom is 0.345 e. The molecule has 0 spiro atoms. The van der Waals surface area contributed by atoms with Crippen molar-refractivity contribution in [3.8, 4) is 0 Å². The molecular formula is C14H9BrFNO4. The van der Waals surface area contributed by atoms with E-state index < -0.39 is 28.0 Å². The normalized spacial score (nSPS) is 10.2. The number of ether oxygens (including phenoxy) is 1. The summed E-state index contributed by atoms with van der Waals surface area (Å²) in [5, 5.41) is 10.8. The minimum absolute atomic E-state index is 0.0558. The number of nitro groups is 1. The van der Waals surface area contributed by atoms with Crippen molar-refractivity contribution >= 4 is 27.6 Å². The van der Waals surface area contributed by atoms with Crippen molar-refractivity contribution in [2.45, 2.75) is 6.61 Å². The Balaban J connectivity index is 2.15. The molecule has 5 nitrogen and oxygen atoms in total. The van der Waals surface area contributed by atoms with Gasteiger partial charge in [-0.15, -0.1) is 0 Å². The molecule has 21 heavy (non-hydrogen) atoms. The van der Waals surface area contributed by atoms with Crippen molar-refractivity contribution in [1.29, 1.82) is 0 Å². The summed E-state index contributed by atoms with van der Waals surface area (Å²) in [5.74, 6) is -1.68. The smallest absolute Gasteiger partial charge is 0.345 e. The molecule has 0 N–H and O–H groups in total. The van der Waals surface area contributed by atoms with Gasteiger partial charge in [-0.1, -0.05) is 28.1 Å². The Hall–Kier alpha value is -2.28. The highest BCUT2D eigenvalue weighted by Gasteiger charge is 2.22. The van der Waals surface area contributed by atoms with Gasteiger partial charge in [-0.3, -0.25) is 10.1 Å². The van der Waals surface area contributed by atoms with Gasteiger partial charge < -0.3 is 4.74 Å². The second-order valence-corrected chi connectivity index (χ2v) is 5.04. The lowest BCUT2D eigenvalue weighted by atomic mass is 10.2. The zero-order valence-corrected chi connectivity index (χ0v) is 12.2. The third-order valence-electron chi connectivity index (χ3n) is 2.66. The number of rotatable bonds is 4. The molecule has 0 fully saturated rings. The van der Waals surface area contributed by atoms with Crippen molar-refractivity contribution in [3.05, 3.63) is 74.0 Å². The van der Waals surface area contributed by atoms with Crippen LogP contribution in [0.4, 0.5) is 10.1 Å². The van der Waals surface area contributed by atoms with E-state index in [1.807, 2.05) is 0 Å². The third kappa shape index (κ3) is 3.85. The Kier molecular flexibility index (Phi) is 4.64. The lowest BCUT2D eigenvalue weighted by molar-refractivity contribution is -0.385. The van der Waals surface area contributed by atoms with Gasteiger partial charge in [-0.25, -0.2) is 9.18 Å². The van der Waals surface area contributed by atoms with Crippen LogP contribution in [-0.4, -0.2) is 10.9 Å². The second-order valence-electron chi connectivity index (χ2n) is 4.12. The summed E-state index contributed by atoms with van der Waals surface area (Å²) >= 11 is 3.27. The standard InChI is InChI=1S/C14H9BrFNO4/c15-10-3-1-9(2-4-10)8-21-14(18)12-7-11(16)5-6-13(12)17(19)20/h1-7H,8H2. The molecule has 0 aromatic heterocycles. The topological polar surface area (TPSA) is 69.4 Å². The van der Waals surface area contributed by atoms with Crippen LogP contribution in [-0.2, 0) is 11.3 Å². The first-order valence-corrected chi connectivity index (χ1v) is 6.62. The molecule has 0 radical (unpaired) electrons. The van der Waals surface area contributed by atoms with Gasteiger partial charge in [0.2, 0.25) is 0 Å². The summed E-state index contributed by atoms with van der Waals surface area (Å²) < 4.78 is 19.0. The first-order valence-electron chi connectivity index (χ1n) is 5.83. The number of halogens is 2. The summed E-state index contributed by atoms with van der Waals surface area (Å²) in [4.78, 5) is 21.9. The fourth-order valence-electron chi connectivity index (χ4n) is 1.64. The summed E-state index contributed by atoms with van der Waals surface area (Å²) in [6, 6.07) is 9.66. The van der Waals surface area contributed by atoms with Crippen LogP contribution in [0.1, 0.15) is 15.9 Å². The number of esters is 1. The van der Waals surface area contributed by atoms with Crippen LogP contribution in [0.5, 0.6) is 0 Å². The molecule has 0 amide bonds. The van der Waals surface area contributed by atoms with Gasteiger partial charge >= 0.3 is 5.97 Å². The van der Waals surface area contributed by atoms with E-state index in [4.69, 9.17) is 4.74 Å². The molecule has 2 aromatic rings. The molecular weight excluding hydrogens is 345 g/mol. The maximum absolute atomic E-state index is 13.1. The lowest BCUT2D eigenvalue weighted by Crippen LogP contribution is -2.08. The quantitative estimate of drug-likeness (QED) is 0.475. The zero-order chi connectivity index (χ0) is 15.4. The molecule has 0 unspecified atom stereocenters. The van der Waals surface area contributed by atoms with Crippen LogP contribution in [0.3, 0.4) is 0 Å². The molecule has 7 heteroatoms. The lowest BCUT2D eigenvalue weighted by Gasteiger charge is -2.06. The molecule has 2 rings (SSSR count). The SMILES string of the molecule is O=C(OCc1ccc(Br)cc1)c1cc(F)ccc1[N+](=O)[O-]. The molecule has 0 aliphatic heterocycles. The van der Waals surface area contributed by atoms with Gasteiger partial charge in [0, 0.05) is 10.5 Å². The van der Waals surface area contributed by atoms with Gasteiger partial charge in [0.15, 0.2) is 0 Å². The number of hydrogen-bond acceptors (Lipinski definition) is 4. The van der Waals surface area contributed by atoms with E-state index in [1.165, 1.54) is 0 Å². The summed E-state index contributed by atoms with van der Waals surface area (Å²) in [6.45, 7) is -0.0558. The highest BCUT2D eigenvalue weighted by Crippen LogP contribution is 2.21. The second kappa shape index (κ2) is 6.45. The van der Waals surface area contributed by atoms with E-state index in [0.717, 1.165) is 22.7 Å². The molecule has 0 atom stereocenters. The number of carbonyl (C=O) groups is 1. The Morgan fingerprint density at radius 3 is 2.52 bits per heavy atom. The van der Waals surface area contributed by atoms with E-state index in [9.17, 15) is 19.3 Å². The minimum atomic E-state index is -0.941. The first kappa shape index (κ1) is 15.1. The Labute approximate surface area is 127 Å². The fourth-order valence-corrected chi connectivity index (χ4v) is 1.90. The van der Waals surface area contributed by atoms with Gasteiger partial charge in [0.1, 0.15) is 18.0 Å². The van der Waals surface area contributed by atoms with E-state index in [2.05, 4.69) is 15.9 Å². The monoisotopic (exact) mass is 353 g/mol. The molecule has 2 aromatic carbocycles. The summed E-state index contributed by atoms with van der Waals surface area (Å²) in [7, 11) is 0. The van der Waals surface area contributed by atoms with Crippen molar-refractivity contribution in [1.82, 2.24) is 0 Å². The average molecular weight is 354 g/mol. The summed E-state index contributed by atoms with van der Waals surface area (Å²) in [5.41, 5.74) is -0.181. The average Bonchev–Trinajstić information content (AvgIpc) is 2.46. The number of nitro benzene ring substituents is 1. The van der Waals surface area contributed by atoms with Crippen molar-refractivity contribution in [2.24, 2.45) is 0 Å². The van der Waals surface area contributed by atoms with Gasteiger partial charge in [-0.2, -0.15) is 0 Å². The number of carbonyl (C=O) groups excluding carboxylic acids is 1. The summed E-state index contributed by atoms with van der Waals surface area (Å²) in [6.07, 6.45) is 0. The van der Waals surface area contributed by atoms with Crippen LogP contribution in [0.15, 0.2) is 46.9 Å². The predicted molar refractivity (Wildman–Crippen MR) is 76.3 cm³/mol. The van der Waals surface area contributed by atoms with Crippen LogP contribution in [0.25, 0.3) is 0 Å². The number of hydrogen-bond donors (Lipinski definition) is 0. The molecule has 0 saturated heterocycles. The highest BCUT2D eigenvalue weighted by molar-refractivity contribution is 9.10. The van der Waals surface area contributed by atoms with Gasteiger partial charge in [0.05, 0.1) is 4.92 Å². The van der Waals surface area contributed by atoms with Crippen LogP contribution >= 0.6 is 15.9 Å². The van der Waals surface area contributed by atoms with Gasteiger partial charge in [0.25, 0.3) is 5.69 Å². The van der Waals surface area contributed by atoms with Gasteiger partial charge in [-0.05, 0) is 29.8 Å². The van der Waals surface area contributed by atoms with E-state index >= 15 is 0 Å². The third-order valence-corrected chi connectivity index (χ3v) is 3.19. The van der Waals surface area contributed by atoms with Crippen molar-refractivity contribution in [2.75, 3.05) is 0 Å². The number of benzene rings is 2. The molecule has 0 saturated carbocycles. The fraction of sp³-hybridized carbons (Fsp3) is 0.0714. The minimum Gasteiger partial charge on any atom is -0.457 e. The first-order chi connectivity index (χ1) is 9.97. The Morgan fingerprint density at radius 1 is 1.24 bits per heavy atom. The number of nitrogens with zero attached hydrogens (tertiary/aromatic N) is 1. The molecule has 0 aliphatic rings. The predicted octanol–water partition coefficient (Wildman–Crippen LogP) is 3.85. The van der Waals surface area contributed by atoms with E-state index in [-0.39, 0.29) is 6.61 Å². The van der Waals surface area contributed by atoms with Crippen molar-refractivity contribution in [3.63, 3.8) is 0 Å². The van der Waals surface area contributed by atoms with Crippen LogP contribution in [0, 0.1) is 15.9 Å². The molecule has 0 heterocycles. The zero-order valence-electron chi connectivity index (χ0n) is 10.6. The molecule has 0 aliphatic carbocycles. The Morgan fingerprint density at radius 2 is 1.90 bits per heavy atom. The molecule has 0 bridgehead atoms. The van der Waals surface area contributed by atoms with Crippen molar-refractivity contribution < 1.29 is 18.8 Å². The maximum atomic E-state index is 13.1. The van der Waals surface area contributed by atoms with Crippen LogP contribution in [0.2, 0.25) is 0 Å².